The van der Waals surface area contributed by atoms with Crippen molar-refractivity contribution in [3.63, 3.8) is 0 Å². The van der Waals surface area contributed by atoms with Gasteiger partial charge < -0.3 is 20.1 Å². The minimum atomic E-state index is -0.678. The van der Waals surface area contributed by atoms with Crippen molar-refractivity contribution in [2.75, 3.05) is 31.5 Å². The summed E-state index contributed by atoms with van der Waals surface area (Å²) >= 11 is 7.71. The maximum absolute atomic E-state index is 12.7. The number of anilines is 1. The molecule has 0 aliphatic carbocycles. The van der Waals surface area contributed by atoms with Gasteiger partial charge in [0.2, 0.25) is 5.91 Å². The maximum Gasteiger partial charge on any atom is 0.251 e. The predicted octanol–water partition coefficient (Wildman–Crippen LogP) is 3.85. The van der Waals surface area contributed by atoms with Crippen LogP contribution in [0.2, 0.25) is 5.02 Å². The standard InChI is InChI=1S/C20H23ClN2O4S/c1-26-15-7-4-13(5-8-15)19(24)23-17(10-11-28-3)20(25)22-14-6-9-18(27-2)16(21)12-14/h4-9,12,17H,10-11H2,1-3H3,(H,22,25)(H,23,24)/t17-/m1/s1. The first kappa shape index (κ1) is 21.9. The molecule has 0 unspecified atom stereocenters. The maximum atomic E-state index is 12.7. The highest BCUT2D eigenvalue weighted by Crippen LogP contribution is 2.27. The Bertz CT molecular complexity index is 814. The Morgan fingerprint density at radius 3 is 2.39 bits per heavy atom. The van der Waals surface area contributed by atoms with E-state index >= 15 is 0 Å². The molecule has 0 saturated carbocycles. The van der Waals surface area contributed by atoms with Gasteiger partial charge >= 0.3 is 0 Å². The number of nitrogens with one attached hydrogen (secondary N) is 2. The second kappa shape index (κ2) is 10.8. The molecule has 2 N–H and O–H groups in total. The van der Waals surface area contributed by atoms with Gasteiger partial charge in [-0.1, -0.05) is 11.6 Å². The Morgan fingerprint density at radius 2 is 1.82 bits per heavy atom. The third kappa shape index (κ3) is 6.07. The van der Waals surface area contributed by atoms with Crippen molar-refractivity contribution < 1.29 is 19.1 Å². The summed E-state index contributed by atoms with van der Waals surface area (Å²) in [7, 11) is 3.08. The number of halogens is 1. The van der Waals surface area contributed by atoms with Crippen LogP contribution in [0, 0.1) is 0 Å². The van der Waals surface area contributed by atoms with Crippen molar-refractivity contribution in [2.45, 2.75) is 12.5 Å². The van der Waals surface area contributed by atoms with Crippen LogP contribution in [0.4, 0.5) is 5.69 Å². The number of amides is 2. The van der Waals surface area contributed by atoms with E-state index in [0.29, 0.717) is 34.2 Å². The van der Waals surface area contributed by atoms with Crippen molar-refractivity contribution in [1.29, 1.82) is 0 Å². The molecule has 150 valence electrons. The molecule has 8 heteroatoms. The fourth-order valence-electron chi connectivity index (χ4n) is 2.46. The summed E-state index contributed by atoms with van der Waals surface area (Å²) < 4.78 is 10.2. The van der Waals surface area contributed by atoms with E-state index < -0.39 is 6.04 Å². The molecule has 0 fully saturated rings. The molecule has 0 saturated heterocycles. The molecule has 2 aromatic carbocycles. The summed E-state index contributed by atoms with van der Waals surface area (Å²) in [6, 6.07) is 11.0. The summed E-state index contributed by atoms with van der Waals surface area (Å²) in [6.07, 6.45) is 2.45. The number of benzene rings is 2. The number of hydrogen-bond acceptors (Lipinski definition) is 5. The molecule has 1 atom stereocenters. The zero-order chi connectivity index (χ0) is 20.5. The van der Waals surface area contributed by atoms with E-state index in [2.05, 4.69) is 10.6 Å². The third-order valence-electron chi connectivity index (χ3n) is 4.00. The van der Waals surface area contributed by atoms with E-state index in [1.165, 1.54) is 7.11 Å². The summed E-state index contributed by atoms with van der Waals surface area (Å²) in [4.78, 5) is 25.3. The summed E-state index contributed by atoms with van der Waals surface area (Å²) in [5.74, 6) is 1.27. The highest BCUT2D eigenvalue weighted by atomic mass is 35.5. The van der Waals surface area contributed by atoms with Crippen LogP contribution < -0.4 is 20.1 Å². The quantitative estimate of drug-likeness (QED) is 0.641. The molecule has 28 heavy (non-hydrogen) atoms. The lowest BCUT2D eigenvalue weighted by Gasteiger charge is -2.18. The average molecular weight is 423 g/mol. The summed E-state index contributed by atoms with van der Waals surface area (Å²) in [5.41, 5.74) is 0.985. The Hall–Kier alpha value is -2.38. The predicted molar refractivity (Wildman–Crippen MR) is 114 cm³/mol. The van der Waals surface area contributed by atoms with Gasteiger partial charge in [-0.15, -0.1) is 0 Å². The fourth-order valence-corrected chi connectivity index (χ4v) is 3.19. The number of thioether (sulfide) groups is 1. The van der Waals surface area contributed by atoms with Crippen LogP contribution in [0.15, 0.2) is 42.5 Å². The molecule has 0 bridgehead atoms. The van der Waals surface area contributed by atoms with Gasteiger partial charge in [0.25, 0.3) is 5.91 Å². The van der Waals surface area contributed by atoms with Crippen molar-refractivity contribution in [3.05, 3.63) is 53.1 Å². The van der Waals surface area contributed by atoms with Crippen LogP contribution in [-0.4, -0.2) is 44.1 Å². The summed E-state index contributed by atoms with van der Waals surface area (Å²) in [6.45, 7) is 0. The molecule has 0 spiro atoms. The number of methoxy groups -OCH3 is 2. The van der Waals surface area contributed by atoms with Crippen LogP contribution in [0.5, 0.6) is 11.5 Å². The molecule has 0 aromatic heterocycles. The summed E-state index contributed by atoms with van der Waals surface area (Å²) in [5, 5.41) is 5.99. The third-order valence-corrected chi connectivity index (χ3v) is 4.94. The minimum absolute atomic E-state index is 0.308. The van der Waals surface area contributed by atoms with Gasteiger partial charge in [-0.25, -0.2) is 0 Å². The number of carbonyl (C=O) groups excluding carboxylic acids is 2. The SMILES string of the molecule is COc1ccc(C(=O)N[C@H](CCSC)C(=O)Nc2ccc(OC)c(Cl)c2)cc1. The molecule has 0 radical (unpaired) electrons. The lowest BCUT2D eigenvalue weighted by molar-refractivity contribution is -0.118. The van der Waals surface area contributed by atoms with E-state index in [0.717, 1.165) is 5.75 Å². The van der Waals surface area contributed by atoms with Crippen LogP contribution in [0.1, 0.15) is 16.8 Å². The molecule has 2 amide bonds. The number of ether oxygens (including phenoxy) is 2. The highest BCUT2D eigenvalue weighted by Gasteiger charge is 2.21. The van der Waals surface area contributed by atoms with Crippen molar-refractivity contribution in [1.82, 2.24) is 5.32 Å². The Kier molecular flexibility index (Phi) is 8.47. The topological polar surface area (TPSA) is 76.7 Å². The van der Waals surface area contributed by atoms with Gasteiger partial charge in [-0.05, 0) is 60.9 Å². The molecule has 0 heterocycles. The van der Waals surface area contributed by atoms with Crippen molar-refractivity contribution in [3.8, 4) is 11.5 Å². The largest absolute Gasteiger partial charge is 0.497 e. The highest BCUT2D eigenvalue weighted by molar-refractivity contribution is 7.98. The van der Waals surface area contributed by atoms with Crippen LogP contribution in [-0.2, 0) is 4.79 Å². The Morgan fingerprint density at radius 1 is 1.11 bits per heavy atom. The zero-order valence-electron chi connectivity index (χ0n) is 16.0. The van der Waals surface area contributed by atoms with Crippen LogP contribution in [0.25, 0.3) is 0 Å². The van der Waals surface area contributed by atoms with Gasteiger partial charge in [-0.3, -0.25) is 9.59 Å². The molecule has 0 aliphatic rings. The van der Waals surface area contributed by atoms with E-state index in [1.54, 1.807) is 61.3 Å². The smallest absolute Gasteiger partial charge is 0.251 e. The fraction of sp³-hybridized carbons (Fsp3) is 0.300. The van der Waals surface area contributed by atoms with E-state index in [9.17, 15) is 9.59 Å². The monoisotopic (exact) mass is 422 g/mol. The first-order chi connectivity index (χ1) is 13.5. The first-order valence-corrected chi connectivity index (χ1v) is 10.3. The number of hydrogen-bond donors (Lipinski definition) is 2. The Balaban J connectivity index is 2.09. The zero-order valence-corrected chi connectivity index (χ0v) is 17.5. The van der Waals surface area contributed by atoms with Gasteiger partial charge in [0.1, 0.15) is 17.5 Å². The second-order valence-corrected chi connectivity index (χ2v) is 7.27. The molecular formula is C20H23ClN2O4S. The lowest BCUT2D eigenvalue weighted by atomic mass is 10.1. The van der Waals surface area contributed by atoms with Crippen LogP contribution >= 0.6 is 23.4 Å². The average Bonchev–Trinajstić information content (AvgIpc) is 2.71. The van der Waals surface area contributed by atoms with Gasteiger partial charge in [-0.2, -0.15) is 11.8 Å². The Labute approximate surface area is 173 Å². The van der Waals surface area contributed by atoms with E-state index in [4.69, 9.17) is 21.1 Å². The molecule has 6 nitrogen and oxygen atoms in total. The molecular weight excluding hydrogens is 400 g/mol. The van der Waals surface area contributed by atoms with Crippen molar-refractivity contribution in [2.24, 2.45) is 0 Å². The normalized spacial score (nSPS) is 11.4. The molecule has 2 aromatic rings. The van der Waals surface area contributed by atoms with Gasteiger partial charge in [0, 0.05) is 11.3 Å². The number of carbonyl (C=O) groups is 2. The lowest BCUT2D eigenvalue weighted by Crippen LogP contribution is -2.44. The first-order valence-electron chi connectivity index (χ1n) is 8.56. The van der Waals surface area contributed by atoms with E-state index in [1.807, 2.05) is 6.26 Å². The van der Waals surface area contributed by atoms with Gasteiger partial charge in [0.05, 0.1) is 19.2 Å². The molecule has 2 rings (SSSR count). The molecule has 0 aliphatic heterocycles. The van der Waals surface area contributed by atoms with Crippen LogP contribution in [0.3, 0.4) is 0 Å². The van der Waals surface area contributed by atoms with Crippen molar-refractivity contribution >= 4 is 40.9 Å². The number of rotatable bonds is 9. The van der Waals surface area contributed by atoms with Gasteiger partial charge in [0.15, 0.2) is 0 Å². The second-order valence-electron chi connectivity index (χ2n) is 5.87. The van der Waals surface area contributed by atoms with E-state index in [-0.39, 0.29) is 11.8 Å². The minimum Gasteiger partial charge on any atom is -0.497 e.